The molecule has 0 bridgehead atoms. The summed E-state index contributed by atoms with van der Waals surface area (Å²) in [6.45, 7) is 8.98. The van der Waals surface area contributed by atoms with E-state index >= 15 is 0 Å². The number of aryl methyl sites for hydroxylation is 1. The van der Waals surface area contributed by atoms with Gasteiger partial charge in [-0.05, 0) is 40.5 Å². The van der Waals surface area contributed by atoms with E-state index in [0.717, 1.165) is 39.8 Å². The molecule has 0 spiro atoms. The van der Waals surface area contributed by atoms with E-state index in [9.17, 15) is 4.79 Å². The summed E-state index contributed by atoms with van der Waals surface area (Å²) >= 11 is 1.60. The topological polar surface area (TPSA) is 86.3 Å². The van der Waals surface area contributed by atoms with Crippen LogP contribution in [0.5, 0.6) is 5.75 Å². The summed E-state index contributed by atoms with van der Waals surface area (Å²) in [5, 5.41) is 4.71. The highest BCUT2D eigenvalue weighted by atomic mass is 32.1. The number of imidazole rings is 2. The van der Waals surface area contributed by atoms with E-state index < -0.39 is 5.60 Å². The Labute approximate surface area is 196 Å². The van der Waals surface area contributed by atoms with Crippen molar-refractivity contribution in [3.63, 3.8) is 0 Å². The number of piperidine rings is 1. The zero-order valence-electron chi connectivity index (χ0n) is 19.5. The highest BCUT2D eigenvalue weighted by Crippen LogP contribution is 2.34. The van der Waals surface area contributed by atoms with Gasteiger partial charge < -0.3 is 14.4 Å². The number of hydrogen-bond donors (Lipinski definition) is 0. The van der Waals surface area contributed by atoms with Gasteiger partial charge in [0.2, 0.25) is 0 Å². The Morgan fingerprint density at radius 2 is 1.91 bits per heavy atom. The zero-order valence-corrected chi connectivity index (χ0v) is 20.3. The van der Waals surface area contributed by atoms with E-state index in [0.29, 0.717) is 30.4 Å². The molecule has 1 amide bonds. The van der Waals surface area contributed by atoms with Gasteiger partial charge in [0, 0.05) is 37.5 Å². The maximum absolute atomic E-state index is 12.3. The molecule has 1 fully saturated rings. The van der Waals surface area contributed by atoms with Crippen molar-refractivity contribution in [1.29, 1.82) is 0 Å². The summed E-state index contributed by atoms with van der Waals surface area (Å²) in [5.74, 6) is 1.03. The molecule has 9 nitrogen and oxygen atoms in total. The molecular formula is C23H28N6O3S. The van der Waals surface area contributed by atoms with Crippen molar-refractivity contribution in [3.8, 4) is 16.3 Å². The van der Waals surface area contributed by atoms with Gasteiger partial charge in [0.25, 0.3) is 0 Å². The first-order valence-corrected chi connectivity index (χ1v) is 11.9. The van der Waals surface area contributed by atoms with E-state index in [4.69, 9.17) is 19.6 Å². The normalized spacial score (nSPS) is 15.5. The van der Waals surface area contributed by atoms with E-state index in [1.807, 2.05) is 40.0 Å². The second kappa shape index (κ2) is 8.02. The molecule has 1 aliphatic rings. The number of ether oxygens (including phenoxy) is 2. The van der Waals surface area contributed by atoms with Crippen LogP contribution in [0.2, 0.25) is 0 Å². The number of nitrogens with zero attached hydrogens (tertiary/aromatic N) is 6. The van der Waals surface area contributed by atoms with Crippen LogP contribution < -0.4 is 4.74 Å². The highest BCUT2D eigenvalue weighted by molar-refractivity contribution is 7.20. The van der Waals surface area contributed by atoms with Crippen LogP contribution in [0.15, 0.2) is 24.7 Å². The largest absolute Gasteiger partial charge is 0.493 e. The van der Waals surface area contributed by atoms with Crippen LogP contribution >= 0.6 is 11.3 Å². The van der Waals surface area contributed by atoms with Gasteiger partial charge in [-0.25, -0.2) is 19.3 Å². The van der Waals surface area contributed by atoms with Crippen molar-refractivity contribution in [2.75, 3.05) is 20.2 Å². The molecule has 174 valence electrons. The van der Waals surface area contributed by atoms with Gasteiger partial charge in [-0.2, -0.15) is 5.10 Å². The second-order valence-electron chi connectivity index (χ2n) is 9.44. The lowest BCUT2D eigenvalue weighted by molar-refractivity contribution is 0.0204. The minimum Gasteiger partial charge on any atom is -0.493 e. The van der Waals surface area contributed by atoms with Gasteiger partial charge in [0.05, 0.1) is 29.6 Å². The molecule has 33 heavy (non-hydrogen) atoms. The van der Waals surface area contributed by atoms with Gasteiger partial charge in [0.1, 0.15) is 11.3 Å². The lowest BCUT2D eigenvalue weighted by atomic mass is 9.94. The molecular weight excluding hydrogens is 440 g/mol. The third kappa shape index (κ3) is 4.27. The average molecular weight is 469 g/mol. The van der Waals surface area contributed by atoms with Crippen LogP contribution in [0.1, 0.15) is 50.9 Å². The zero-order chi connectivity index (χ0) is 23.3. The number of methoxy groups -OCH3 is 1. The minimum absolute atomic E-state index is 0.232. The van der Waals surface area contributed by atoms with Gasteiger partial charge in [-0.15, -0.1) is 0 Å². The lowest BCUT2D eigenvalue weighted by Crippen LogP contribution is -2.41. The Morgan fingerprint density at radius 3 is 2.58 bits per heavy atom. The highest BCUT2D eigenvalue weighted by Gasteiger charge is 2.28. The third-order valence-electron chi connectivity index (χ3n) is 5.72. The number of fused-ring (bicyclic) bond motifs is 2. The number of hydrogen-bond acceptors (Lipinski definition) is 7. The van der Waals surface area contributed by atoms with Crippen LogP contribution in [0.4, 0.5) is 4.79 Å². The number of amides is 1. The smallest absolute Gasteiger partial charge is 0.410 e. The first-order valence-electron chi connectivity index (χ1n) is 11.1. The van der Waals surface area contributed by atoms with Crippen LogP contribution in [0.3, 0.4) is 0 Å². The molecule has 5 rings (SSSR count). The van der Waals surface area contributed by atoms with E-state index in [-0.39, 0.29) is 6.09 Å². The standard InChI is InChI=1S/C23H28N6O3S/c1-14-11-29-20(24-14)18(31-5)10-16(26-29)19-13-28-12-17(25-21(28)33-19)15-6-8-27(9-7-15)22(30)32-23(2,3)4/h10-13,15H,6-9H2,1-5H3. The number of aromatic nitrogens is 5. The molecule has 5 heterocycles. The first-order chi connectivity index (χ1) is 15.7. The Bertz CT molecular complexity index is 1290. The fraction of sp³-hybridized carbons (Fsp3) is 0.478. The summed E-state index contributed by atoms with van der Waals surface area (Å²) in [6.07, 6.45) is 7.58. The van der Waals surface area contributed by atoms with Gasteiger partial charge >= 0.3 is 6.09 Å². The summed E-state index contributed by atoms with van der Waals surface area (Å²) in [7, 11) is 1.64. The van der Waals surface area contributed by atoms with Crippen molar-refractivity contribution in [1.82, 2.24) is 28.9 Å². The summed E-state index contributed by atoms with van der Waals surface area (Å²) in [4.78, 5) is 25.4. The quantitative estimate of drug-likeness (QED) is 0.439. The van der Waals surface area contributed by atoms with Crippen LogP contribution in [0.25, 0.3) is 21.2 Å². The average Bonchev–Trinajstić information content (AvgIpc) is 3.43. The summed E-state index contributed by atoms with van der Waals surface area (Å²) in [5.41, 5.74) is 3.02. The molecule has 0 saturated carbocycles. The maximum Gasteiger partial charge on any atom is 0.410 e. The number of thiazole rings is 1. The van der Waals surface area contributed by atoms with Crippen LogP contribution in [0, 0.1) is 6.92 Å². The monoisotopic (exact) mass is 468 g/mol. The van der Waals surface area contributed by atoms with Crippen molar-refractivity contribution < 1.29 is 14.3 Å². The number of carbonyl (C=O) groups excluding carboxylic acids is 1. The van der Waals surface area contributed by atoms with Crippen LogP contribution in [-0.2, 0) is 4.74 Å². The molecule has 4 aromatic heterocycles. The van der Waals surface area contributed by atoms with Crippen LogP contribution in [-0.4, -0.2) is 60.8 Å². The Morgan fingerprint density at radius 1 is 1.15 bits per heavy atom. The molecule has 4 aromatic rings. The van der Waals surface area contributed by atoms with Crippen molar-refractivity contribution in [2.24, 2.45) is 0 Å². The van der Waals surface area contributed by atoms with Crippen molar-refractivity contribution in [2.45, 2.75) is 52.1 Å². The lowest BCUT2D eigenvalue weighted by Gasteiger charge is -2.32. The molecule has 0 N–H and O–H groups in total. The molecule has 0 atom stereocenters. The minimum atomic E-state index is -0.472. The first kappa shape index (κ1) is 21.7. The Hall–Kier alpha value is -3.14. The molecule has 1 saturated heterocycles. The predicted octanol–water partition coefficient (Wildman–Crippen LogP) is 4.54. The van der Waals surface area contributed by atoms with Gasteiger partial charge in [0.15, 0.2) is 16.4 Å². The molecule has 10 heteroatoms. The fourth-order valence-corrected chi connectivity index (χ4v) is 5.08. The summed E-state index contributed by atoms with van der Waals surface area (Å²) in [6, 6.07) is 1.92. The second-order valence-corrected chi connectivity index (χ2v) is 10.5. The predicted molar refractivity (Wildman–Crippen MR) is 126 cm³/mol. The molecule has 1 aliphatic heterocycles. The molecule has 0 unspecified atom stereocenters. The SMILES string of the molecule is COc1cc(-c2cn3cc(C4CCN(C(=O)OC(C)(C)C)CC4)nc3s2)nn2cc(C)nc12. The third-order valence-corrected chi connectivity index (χ3v) is 6.74. The van der Waals surface area contributed by atoms with Crippen molar-refractivity contribution >= 4 is 28.0 Å². The maximum atomic E-state index is 12.3. The molecule has 0 aromatic carbocycles. The van der Waals surface area contributed by atoms with E-state index in [1.54, 1.807) is 27.9 Å². The number of rotatable bonds is 3. The molecule has 0 aliphatic carbocycles. The fourth-order valence-electron chi connectivity index (χ4n) is 4.15. The van der Waals surface area contributed by atoms with E-state index in [2.05, 4.69) is 21.8 Å². The van der Waals surface area contributed by atoms with Gasteiger partial charge in [-0.3, -0.25) is 4.40 Å². The summed E-state index contributed by atoms with van der Waals surface area (Å²) < 4.78 is 14.9. The number of likely N-dealkylation sites (tertiary alicyclic amines) is 1. The Balaban J connectivity index is 1.33. The van der Waals surface area contributed by atoms with Crippen molar-refractivity contribution in [3.05, 3.63) is 36.0 Å². The Kier molecular flexibility index (Phi) is 5.27. The van der Waals surface area contributed by atoms with Gasteiger partial charge in [-0.1, -0.05) is 11.3 Å². The van der Waals surface area contributed by atoms with E-state index in [1.165, 1.54) is 0 Å². The number of carbonyl (C=O) groups is 1. The molecule has 0 radical (unpaired) electrons.